The molecule has 3 rings (SSSR count). The van der Waals surface area contributed by atoms with Crippen LogP contribution in [0.15, 0.2) is 48.7 Å². The highest BCUT2D eigenvalue weighted by Gasteiger charge is 2.33. The van der Waals surface area contributed by atoms with Gasteiger partial charge >= 0.3 is 6.18 Å². The van der Waals surface area contributed by atoms with Gasteiger partial charge in [0.15, 0.2) is 0 Å². The zero-order valence-corrected chi connectivity index (χ0v) is 20.4. The Morgan fingerprint density at radius 2 is 1.86 bits per heavy atom. The molecule has 0 unspecified atom stereocenters. The minimum absolute atomic E-state index is 0.0604. The summed E-state index contributed by atoms with van der Waals surface area (Å²) < 4.78 is 90.0. The van der Waals surface area contributed by atoms with E-state index in [-0.39, 0.29) is 35.1 Å². The zero-order chi connectivity index (χ0) is 26.7. The topological polar surface area (TPSA) is 94.6 Å². The third kappa shape index (κ3) is 6.64. The van der Waals surface area contributed by atoms with Crippen LogP contribution >= 0.6 is 11.6 Å². The summed E-state index contributed by atoms with van der Waals surface area (Å²) in [5.41, 5.74) is -1.39. The van der Waals surface area contributed by atoms with Crippen LogP contribution < -0.4 is 14.2 Å². The molecule has 0 atom stereocenters. The Morgan fingerprint density at radius 1 is 1.14 bits per heavy atom. The van der Waals surface area contributed by atoms with E-state index in [1.54, 1.807) is 4.72 Å². The second kappa shape index (κ2) is 10.7. The Labute approximate surface area is 209 Å². The number of benzene rings is 2. The van der Waals surface area contributed by atoms with Crippen molar-refractivity contribution in [2.75, 3.05) is 12.9 Å². The van der Waals surface area contributed by atoms with Gasteiger partial charge in [-0.15, -0.1) is 0 Å². The Hall–Kier alpha value is -3.38. The molecule has 0 saturated heterocycles. The van der Waals surface area contributed by atoms with Gasteiger partial charge < -0.3 is 9.47 Å². The van der Waals surface area contributed by atoms with Crippen molar-refractivity contribution in [1.29, 1.82) is 0 Å². The summed E-state index contributed by atoms with van der Waals surface area (Å²) in [5, 5.41) is -0.639. The van der Waals surface area contributed by atoms with Gasteiger partial charge in [0, 0.05) is 29.5 Å². The van der Waals surface area contributed by atoms with Gasteiger partial charge in [0.25, 0.3) is 5.91 Å². The Balaban J connectivity index is 2.16. The minimum Gasteiger partial charge on any atom is -0.477 e. The second-order valence-electron chi connectivity index (χ2n) is 7.48. The molecule has 0 fully saturated rings. The number of carbonyl (C=O) groups excluding carboxylic acids is 1. The Kier molecular flexibility index (Phi) is 8.09. The molecular weight excluding hydrogens is 528 g/mol. The summed E-state index contributed by atoms with van der Waals surface area (Å²) in [6.07, 6.45) is -1.89. The van der Waals surface area contributed by atoms with Crippen LogP contribution in [0.25, 0.3) is 11.1 Å². The lowest BCUT2D eigenvalue weighted by atomic mass is 10.0. The molecule has 2 aromatic carbocycles. The maximum atomic E-state index is 14.9. The highest BCUT2D eigenvalue weighted by atomic mass is 35.5. The molecule has 36 heavy (non-hydrogen) atoms. The van der Waals surface area contributed by atoms with E-state index in [0.29, 0.717) is 12.5 Å². The van der Waals surface area contributed by atoms with Gasteiger partial charge in [0.05, 0.1) is 29.0 Å². The molecule has 1 aromatic heterocycles. The van der Waals surface area contributed by atoms with Gasteiger partial charge in [-0.2, -0.15) is 13.2 Å². The van der Waals surface area contributed by atoms with Gasteiger partial charge in [-0.1, -0.05) is 18.5 Å². The molecule has 192 valence electrons. The number of carbonyl (C=O) groups is 1. The molecule has 7 nitrogen and oxygen atoms in total. The summed E-state index contributed by atoms with van der Waals surface area (Å²) in [6.45, 7) is 2.13. The van der Waals surface area contributed by atoms with Crippen molar-refractivity contribution in [3.63, 3.8) is 0 Å². The van der Waals surface area contributed by atoms with Gasteiger partial charge in [-0.3, -0.25) is 4.79 Å². The lowest BCUT2D eigenvalue weighted by molar-refractivity contribution is -0.137. The van der Waals surface area contributed by atoms with Crippen molar-refractivity contribution >= 4 is 27.5 Å². The number of ether oxygens (including phenoxy) is 2. The van der Waals surface area contributed by atoms with Crippen LogP contribution in [0, 0.1) is 5.82 Å². The van der Waals surface area contributed by atoms with Crippen LogP contribution in [0.5, 0.6) is 17.4 Å². The molecule has 0 saturated carbocycles. The fourth-order valence-electron chi connectivity index (χ4n) is 3.07. The number of sulfonamides is 1. The molecule has 0 aliphatic rings. The van der Waals surface area contributed by atoms with Crippen molar-refractivity contribution in [2.24, 2.45) is 0 Å². The highest BCUT2D eigenvalue weighted by Crippen LogP contribution is 2.41. The first kappa shape index (κ1) is 27.2. The predicted molar refractivity (Wildman–Crippen MR) is 124 cm³/mol. The van der Waals surface area contributed by atoms with Crippen molar-refractivity contribution < 1.29 is 40.2 Å². The molecule has 1 amide bonds. The van der Waals surface area contributed by atoms with Crippen LogP contribution in [0.1, 0.15) is 29.3 Å². The molecule has 1 N–H and O–H groups in total. The number of amides is 1. The smallest absolute Gasteiger partial charge is 0.417 e. The fourth-order valence-corrected chi connectivity index (χ4v) is 3.80. The van der Waals surface area contributed by atoms with Crippen LogP contribution in [0.4, 0.5) is 17.6 Å². The summed E-state index contributed by atoms with van der Waals surface area (Å²) in [5.74, 6) is -2.64. The van der Waals surface area contributed by atoms with Gasteiger partial charge in [0.1, 0.15) is 17.3 Å². The number of alkyl halides is 3. The van der Waals surface area contributed by atoms with Gasteiger partial charge in [-0.05, 0) is 36.8 Å². The lowest BCUT2D eigenvalue weighted by Gasteiger charge is -2.17. The maximum absolute atomic E-state index is 14.9. The fraction of sp³-hybridized carbons (Fsp3) is 0.217. The number of rotatable bonds is 8. The third-order valence-electron chi connectivity index (χ3n) is 4.57. The Morgan fingerprint density at radius 3 is 2.47 bits per heavy atom. The lowest BCUT2D eigenvalue weighted by Crippen LogP contribution is -2.30. The van der Waals surface area contributed by atoms with E-state index in [2.05, 4.69) is 4.98 Å². The first-order valence-electron chi connectivity index (χ1n) is 10.3. The summed E-state index contributed by atoms with van der Waals surface area (Å²) in [7, 11) is -4.01. The van der Waals surface area contributed by atoms with E-state index in [0.717, 1.165) is 30.5 Å². The largest absolute Gasteiger partial charge is 0.477 e. The van der Waals surface area contributed by atoms with E-state index in [1.807, 2.05) is 6.92 Å². The maximum Gasteiger partial charge on any atom is 0.417 e. The SMILES string of the molecule is CCCOc1ncccc1-c1cc(C(=O)NS(C)(=O)=O)c(F)cc1Oc1ccc(C(F)(F)F)c(Cl)c1. The third-order valence-corrected chi connectivity index (χ3v) is 5.44. The van der Waals surface area contributed by atoms with Crippen LogP contribution in [-0.4, -0.2) is 32.2 Å². The highest BCUT2D eigenvalue weighted by molar-refractivity contribution is 7.89. The quantitative estimate of drug-likeness (QED) is 0.357. The molecule has 13 heteroatoms. The monoisotopic (exact) mass is 546 g/mol. The number of nitrogens with zero attached hydrogens (tertiary/aromatic N) is 1. The molecule has 0 bridgehead atoms. The molecule has 0 aliphatic heterocycles. The average molecular weight is 547 g/mol. The predicted octanol–water partition coefficient (Wildman–Crippen LogP) is 5.83. The Bertz CT molecular complexity index is 1400. The van der Waals surface area contributed by atoms with E-state index in [1.165, 1.54) is 18.3 Å². The van der Waals surface area contributed by atoms with E-state index in [9.17, 15) is 30.8 Å². The van der Waals surface area contributed by atoms with Crippen LogP contribution in [0.3, 0.4) is 0 Å². The second-order valence-corrected chi connectivity index (χ2v) is 9.63. The van der Waals surface area contributed by atoms with Crippen molar-refractivity contribution in [3.8, 4) is 28.5 Å². The average Bonchev–Trinajstić information content (AvgIpc) is 2.76. The number of nitrogens with one attached hydrogen (secondary N) is 1. The minimum atomic E-state index is -4.69. The molecular formula is C23H19ClF4N2O5S. The molecule has 0 aliphatic carbocycles. The molecule has 1 heterocycles. The number of halogens is 5. The summed E-state index contributed by atoms with van der Waals surface area (Å²) >= 11 is 5.77. The number of aromatic nitrogens is 1. The molecule has 3 aromatic rings. The van der Waals surface area contributed by atoms with Crippen molar-refractivity contribution in [1.82, 2.24) is 9.71 Å². The number of hydrogen-bond donors (Lipinski definition) is 1. The van der Waals surface area contributed by atoms with Crippen LogP contribution in [0.2, 0.25) is 5.02 Å². The van der Waals surface area contributed by atoms with Crippen molar-refractivity contribution in [2.45, 2.75) is 19.5 Å². The first-order chi connectivity index (χ1) is 16.8. The molecule has 0 radical (unpaired) electrons. The summed E-state index contributed by atoms with van der Waals surface area (Å²) in [4.78, 5) is 16.6. The summed E-state index contributed by atoms with van der Waals surface area (Å²) in [6, 6.07) is 7.53. The normalized spacial score (nSPS) is 11.8. The number of hydrogen-bond acceptors (Lipinski definition) is 6. The van der Waals surface area contributed by atoms with Crippen molar-refractivity contribution in [3.05, 3.63) is 70.6 Å². The van der Waals surface area contributed by atoms with Gasteiger partial charge in [0.2, 0.25) is 15.9 Å². The van der Waals surface area contributed by atoms with Crippen LogP contribution in [-0.2, 0) is 16.2 Å². The van der Waals surface area contributed by atoms with E-state index in [4.69, 9.17) is 21.1 Å². The standard InChI is InChI=1S/C23H19ClF4N2O5S/c1-3-9-34-22-14(5-4-8-29-22)15-11-16(21(31)30-36(2,32)33)19(25)12-20(15)35-13-6-7-17(18(24)10-13)23(26,27)28/h4-8,10-12H,3,9H2,1-2H3,(H,30,31). The molecule has 0 spiro atoms. The van der Waals surface area contributed by atoms with Gasteiger partial charge in [-0.25, -0.2) is 22.5 Å². The number of pyridine rings is 1. The van der Waals surface area contributed by atoms with E-state index >= 15 is 0 Å². The first-order valence-corrected chi connectivity index (χ1v) is 12.6. The zero-order valence-electron chi connectivity index (χ0n) is 18.8. The van der Waals surface area contributed by atoms with E-state index < -0.39 is 44.1 Å².